The minimum atomic E-state index is -0.991. The first-order valence-electron chi connectivity index (χ1n) is 5.29. The lowest BCUT2D eigenvalue weighted by atomic mass is 10.0. The van der Waals surface area contributed by atoms with E-state index in [9.17, 15) is 9.59 Å². The molecule has 4 nitrogen and oxygen atoms in total. The number of carbonyl (C=O) groups is 2. The summed E-state index contributed by atoms with van der Waals surface area (Å²) < 4.78 is 0. The summed E-state index contributed by atoms with van der Waals surface area (Å²) in [4.78, 5) is 25.7. The monoisotopic (exact) mass is 231 g/mol. The number of hydrogen-bond donors (Lipinski definition) is 2. The molecule has 0 amide bonds. The molecule has 0 saturated heterocycles. The van der Waals surface area contributed by atoms with Crippen LogP contribution in [0.3, 0.4) is 0 Å². The lowest BCUT2D eigenvalue weighted by Crippen LogP contribution is -1.98. The van der Waals surface area contributed by atoms with E-state index in [1.54, 1.807) is 13.0 Å². The number of aromatic carboxylic acids is 1. The average Bonchev–Trinajstić information content (AvgIpc) is 2.52. The van der Waals surface area contributed by atoms with Crippen LogP contribution in [0, 0.1) is 13.8 Å². The summed E-state index contributed by atoms with van der Waals surface area (Å²) in [5.74, 6) is -1.05. The number of H-pyrrole nitrogens is 1. The summed E-state index contributed by atoms with van der Waals surface area (Å²) in [6.45, 7) is 5.08. The van der Waals surface area contributed by atoms with Crippen molar-refractivity contribution in [3.05, 3.63) is 34.5 Å². The zero-order chi connectivity index (χ0) is 12.7. The number of aromatic amines is 1. The Bertz CT molecular complexity index is 638. The molecule has 1 aromatic heterocycles. The maximum absolute atomic E-state index is 11.6. The highest BCUT2D eigenvalue weighted by Crippen LogP contribution is 2.27. The van der Waals surface area contributed by atoms with Crippen molar-refractivity contribution in [3.8, 4) is 0 Å². The fraction of sp³-hybridized carbons (Fsp3) is 0.231. The second kappa shape index (κ2) is 3.73. The first-order chi connectivity index (χ1) is 7.91. The number of fused-ring (bicyclic) bond motifs is 1. The van der Waals surface area contributed by atoms with Crippen LogP contribution in [0.5, 0.6) is 0 Å². The predicted octanol–water partition coefficient (Wildman–Crippen LogP) is 2.69. The number of rotatable bonds is 2. The third kappa shape index (κ3) is 1.71. The van der Waals surface area contributed by atoms with E-state index >= 15 is 0 Å². The lowest BCUT2D eigenvalue weighted by molar-refractivity contribution is 0.0698. The third-order valence-corrected chi connectivity index (χ3v) is 2.82. The fourth-order valence-electron chi connectivity index (χ4n) is 2.19. The minimum Gasteiger partial charge on any atom is -0.478 e. The van der Waals surface area contributed by atoms with E-state index in [0.29, 0.717) is 22.2 Å². The molecule has 0 unspecified atom stereocenters. The molecule has 0 saturated carbocycles. The Morgan fingerprint density at radius 1 is 1.24 bits per heavy atom. The molecule has 2 rings (SSSR count). The number of Topliss-reactive ketones (excluding diaryl/α,β-unsaturated/α-hetero) is 1. The molecule has 0 bridgehead atoms. The summed E-state index contributed by atoms with van der Waals surface area (Å²) >= 11 is 0. The Hall–Kier alpha value is -2.10. The normalized spacial score (nSPS) is 10.8. The molecule has 0 aliphatic heterocycles. The average molecular weight is 231 g/mol. The Morgan fingerprint density at radius 3 is 2.41 bits per heavy atom. The molecule has 0 aliphatic carbocycles. The zero-order valence-electron chi connectivity index (χ0n) is 9.92. The van der Waals surface area contributed by atoms with E-state index in [1.807, 2.05) is 13.0 Å². The third-order valence-electron chi connectivity index (χ3n) is 2.82. The molecule has 2 aromatic rings. The van der Waals surface area contributed by atoms with Crippen LogP contribution in [0.4, 0.5) is 0 Å². The van der Waals surface area contributed by atoms with Gasteiger partial charge in [-0.3, -0.25) is 4.79 Å². The Labute approximate surface area is 98.3 Å². The lowest BCUT2D eigenvalue weighted by Gasteiger charge is -2.01. The van der Waals surface area contributed by atoms with Gasteiger partial charge in [0.15, 0.2) is 5.78 Å². The van der Waals surface area contributed by atoms with Crippen molar-refractivity contribution in [2.75, 3.05) is 0 Å². The number of carboxylic acid groups (broad SMARTS) is 1. The second-order valence-corrected chi connectivity index (χ2v) is 4.22. The predicted molar refractivity (Wildman–Crippen MR) is 64.7 cm³/mol. The topological polar surface area (TPSA) is 70.2 Å². The van der Waals surface area contributed by atoms with E-state index in [0.717, 1.165) is 5.56 Å². The maximum Gasteiger partial charge on any atom is 0.337 e. The number of hydrogen-bond acceptors (Lipinski definition) is 2. The number of nitrogens with one attached hydrogen (secondary N) is 1. The van der Waals surface area contributed by atoms with Crippen molar-refractivity contribution in [2.24, 2.45) is 0 Å². The van der Waals surface area contributed by atoms with Crippen LogP contribution >= 0.6 is 0 Å². The highest BCUT2D eigenvalue weighted by atomic mass is 16.4. The van der Waals surface area contributed by atoms with Crippen LogP contribution in [-0.4, -0.2) is 21.8 Å². The van der Waals surface area contributed by atoms with Crippen molar-refractivity contribution in [1.82, 2.24) is 4.98 Å². The van der Waals surface area contributed by atoms with Gasteiger partial charge in [-0.15, -0.1) is 0 Å². The highest BCUT2D eigenvalue weighted by molar-refractivity contribution is 6.12. The van der Waals surface area contributed by atoms with Crippen LogP contribution in [0.15, 0.2) is 12.1 Å². The highest BCUT2D eigenvalue weighted by Gasteiger charge is 2.18. The van der Waals surface area contributed by atoms with Gasteiger partial charge in [-0.05, 0) is 38.5 Å². The van der Waals surface area contributed by atoms with Crippen molar-refractivity contribution in [2.45, 2.75) is 20.8 Å². The van der Waals surface area contributed by atoms with Gasteiger partial charge >= 0.3 is 5.97 Å². The minimum absolute atomic E-state index is 0.0595. The van der Waals surface area contributed by atoms with Crippen molar-refractivity contribution in [3.63, 3.8) is 0 Å². The van der Waals surface area contributed by atoms with Crippen LogP contribution < -0.4 is 0 Å². The molecular weight excluding hydrogens is 218 g/mol. The molecule has 0 radical (unpaired) electrons. The maximum atomic E-state index is 11.6. The summed E-state index contributed by atoms with van der Waals surface area (Å²) in [7, 11) is 0. The molecule has 4 heteroatoms. The molecular formula is C13H13NO3. The molecule has 0 aliphatic rings. The standard InChI is InChI=1S/C13H13NO3/c1-6-4-9-11(8(3)15)7(2)14-12(9)10(5-6)13(16)17/h4-5,14H,1-3H3,(H,16,17). The van der Waals surface area contributed by atoms with E-state index in [1.165, 1.54) is 6.92 Å². The number of ketones is 1. The van der Waals surface area contributed by atoms with Crippen LogP contribution in [0.1, 0.15) is 38.9 Å². The van der Waals surface area contributed by atoms with E-state index in [2.05, 4.69) is 4.98 Å². The van der Waals surface area contributed by atoms with Crippen molar-refractivity contribution in [1.29, 1.82) is 0 Å². The van der Waals surface area contributed by atoms with Crippen LogP contribution in [0.2, 0.25) is 0 Å². The van der Waals surface area contributed by atoms with E-state index < -0.39 is 5.97 Å². The zero-order valence-corrected chi connectivity index (χ0v) is 9.92. The smallest absolute Gasteiger partial charge is 0.337 e. The van der Waals surface area contributed by atoms with Gasteiger partial charge in [0, 0.05) is 16.6 Å². The second-order valence-electron chi connectivity index (χ2n) is 4.22. The van der Waals surface area contributed by atoms with Gasteiger partial charge in [0.2, 0.25) is 0 Å². The van der Waals surface area contributed by atoms with Crippen LogP contribution in [0.25, 0.3) is 10.9 Å². The summed E-state index contributed by atoms with van der Waals surface area (Å²) in [6, 6.07) is 3.44. The first kappa shape index (κ1) is 11.4. The SMILES string of the molecule is CC(=O)c1c(C)[nH]c2c(C(=O)O)cc(C)cc12. The van der Waals surface area contributed by atoms with Crippen molar-refractivity contribution < 1.29 is 14.7 Å². The van der Waals surface area contributed by atoms with Crippen LogP contribution in [-0.2, 0) is 0 Å². The fourth-order valence-corrected chi connectivity index (χ4v) is 2.19. The summed E-state index contributed by atoms with van der Waals surface area (Å²) in [6.07, 6.45) is 0. The molecule has 0 atom stereocenters. The van der Waals surface area contributed by atoms with Gasteiger partial charge in [-0.2, -0.15) is 0 Å². The molecule has 1 aromatic carbocycles. The van der Waals surface area contributed by atoms with E-state index in [4.69, 9.17) is 5.11 Å². The van der Waals surface area contributed by atoms with Crippen molar-refractivity contribution >= 4 is 22.7 Å². The summed E-state index contributed by atoms with van der Waals surface area (Å²) in [5.41, 5.74) is 2.84. The van der Waals surface area contributed by atoms with Gasteiger partial charge in [0.25, 0.3) is 0 Å². The van der Waals surface area contributed by atoms with Gasteiger partial charge in [-0.25, -0.2) is 4.79 Å². The number of carboxylic acids is 1. The molecule has 2 N–H and O–H groups in total. The Kier molecular flexibility index (Phi) is 2.50. The van der Waals surface area contributed by atoms with Gasteiger partial charge in [0.05, 0.1) is 11.1 Å². The Morgan fingerprint density at radius 2 is 1.88 bits per heavy atom. The Balaban J connectivity index is 2.94. The number of benzene rings is 1. The molecule has 0 spiro atoms. The first-order valence-corrected chi connectivity index (χ1v) is 5.29. The number of aromatic nitrogens is 1. The van der Waals surface area contributed by atoms with Gasteiger partial charge in [-0.1, -0.05) is 0 Å². The molecule has 1 heterocycles. The number of carbonyl (C=O) groups excluding carboxylic acids is 1. The van der Waals surface area contributed by atoms with Gasteiger partial charge in [0.1, 0.15) is 0 Å². The van der Waals surface area contributed by atoms with E-state index in [-0.39, 0.29) is 11.3 Å². The molecule has 0 fully saturated rings. The van der Waals surface area contributed by atoms with Gasteiger partial charge < -0.3 is 10.1 Å². The largest absolute Gasteiger partial charge is 0.478 e. The molecule has 88 valence electrons. The number of aryl methyl sites for hydroxylation is 2. The quantitative estimate of drug-likeness (QED) is 0.780. The summed E-state index contributed by atoms with van der Waals surface area (Å²) in [5, 5.41) is 9.83. The molecule has 17 heavy (non-hydrogen) atoms.